The van der Waals surface area contributed by atoms with E-state index in [4.69, 9.17) is 4.42 Å². The Balaban J connectivity index is 1.67. The predicted molar refractivity (Wildman–Crippen MR) is 93.4 cm³/mol. The van der Waals surface area contributed by atoms with Gasteiger partial charge in [-0.2, -0.15) is 18.3 Å². The Kier molecular flexibility index (Phi) is 4.24. The van der Waals surface area contributed by atoms with Gasteiger partial charge in [-0.15, -0.1) is 0 Å². The number of furan rings is 1. The SMILES string of the molecule is Cc1ccoc1C(=O)N1CCc2[nH]nc(-c3ccc(C(F)(F)F)nc3C)c2C1. The molecule has 9 heteroatoms. The first-order chi connectivity index (χ1) is 13.3. The van der Waals surface area contributed by atoms with Gasteiger partial charge < -0.3 is 9.32 Å². The van der Waals surface area contributed by atoms with Crippen LogP contribution < -0.4 is 0 Å². The molecule has 1 aliphatic rings. The standard InChI is InChI=1S/C19H17F3N4O2/c1-10-6-8-28-17(10)18(27)26-7-5-14-13(9-26)16(25-24-14)12-3-4-15(19(20,21)22)23-11(12)2/h3-4,6,8H,5,7,9H2,1-2H3,(H,24,25). The number of aromatic amines is 1. The van der Waals surface area contributed by atoms with Crippen molar-refractivity contribution in [2.24, 2.45) is 0 Å². The average Bonchev–Trinajstić information content (AvgIpc) is 3.26. The summed E-state index contributed by atoms with van der Waals surface area (Å²) in [7, 11) is 0. The molecular formula is C19H17F3N4O2. The van der Waals surface area contributed by atoms with E-state index in [1.54, 1.807) is 17.9 Å². The summed E-state index contributed by atoms with van der Waals surface area (Å²) in [6.45, 7) is 4.11. The summed E-state index contributed by atoms with van der Waals surface area (Å²) < 4.78 is 44.0. The lowest BCUT2D eigenvalue weighted by Crippen LogP contribution is -2.36. The molecule has 0 aliphatic carbocycles. The van der Waals surface area contributed by atoms with Gasteiger partial charge in [-0.1, -0.05) is 0 Å². The van der Waals surface area contributed by atoms with Crippen LogP contribution in [0.3, 0.4) is 0 Å². The van der Waals surface area contributed by atoms with Crippen molar-refractivity contribution in [3.63, 3.8) is 0 Å². The highest BCUT2D eigenvalue weighted by Crippen LogP contribution is 2.33. The van der Waals surface area contributed by atoms with Crippen LogP contribution in [0.5, 0.6) is 0 Å². The van der Waals surface area contributed by atoms with Crippen molar-refractivity contribution >= 4 is 5.91 Å². The Labute approximate surface area is 158 Å². The van der Waals surface area contributed by atoms with Gasteiger partial charge in [-0.05, 0) is 32.0 Å². The molecule has 0 saturated carbocycles. The molecule has 0 unspecified atom stereocenters. The molecular weight excluding hydrogens is 373 g/mol. The van der Waals surface area contributed by atoms with Gasteiger partial charge in [0, 0.05) is 41.0 Å². The number of rotatable bonds is 2. The van der Waals surface area contributed by atoms with Crippen molar-refractivity contribution in [3.8, 4) is 11.3 Å². The number of nitrogens with zero attached hydrogens (tertiary/aromatic N) is 3. The number of fused-ring (bicyclic) bond motifs is 1. The van der Waals surface area contributed by atoms with Crippen LogP contribution in [0.15, 0.2) is 28.9 Å². The molecule has 0 atom stereocenters. The van der Waals surface area contributed by atoms with E-state index in [2.05, 4.69) is 15.2 Å². The Hall–Kier alpha value is -3.10. The van der Waals surface area contributed by atoms with Crippen LogP contribution in [-0.4, -0.2) is 32.5 Å². The maximum atomic E-state index is 12.9. The summed E-state index contributed by atoms with van der Waals surface area (Å²) in [5.74, 6) is 0.0726. The Morgan fingerprint density at radius 1 is 1.25 bits per heavy atom. The summed E-state index contributed by atoms with van der Waals surface area (Å²) >= 11 is 0. The van der Waals surface area contributed by atoms with Gasteiger partial charge in [0.15, 0.2) is 5.76 Å². The first kappa shape index (κ1) is 18.3. The van der Waals surface area contributed by atoms with Crippen LogP contribution >= 0.6 is 0 Å². The smallest absolute Gasteiger partial charge is 0.433 e. The van der Waals surface area contributed by atoms with Crippen molar-refractivity contribution < 1.29 is 22.4 Å². The molecule has 1 amide bonds. The number of carbonyl (C=O) groups is 1. The number of H-pyrrole nitrogens is 1. The highest BCUT2D eigenvalue weighted by atomic mass is 19.4. The number of pyridine rings is 1. The van der Waals surface area contributed by atoms with E-state index < -0.39 is 11.9 Å². The van der Waals surface area contributed by atoms with Gasteiger partial charge >= 0.3 is 6.18 Å². The van der Waals surface area contributed by atoms with Crippen LogP contribution in [0.25, 0.3) is 11.3 Å². The van der Waals surface area contributed by atoms with E-state index in [0.717, 1.165) is 22.9 Å². The molecule has 1 aliphatic heterocycles. The van der Waals surface area contributed by atoms with E-state index in [9.17, 15) is 18.0 Å². The fourth-order valence-corrected chi connectivity index (χ4v) is 3.40. The number of carbonyl (C=O) groups excluding carboxylic acids is 1. The number of aromatic nitrogens is 3. The predicted octanol–water partition coefficient (Wildman–Crippen LogP) is 3.90. The zero-order chi connectivity index (χ0) is 20.1. The first-order valence-electron chi connectivity index (χ1n) is 8.70. The molecule has 1 N–H and O–H groups in total. The average molecular weight is 390 g/mol. The number of aryl methyl sites for hydroxylation is 2. The number of hydrogen-bond donors (Lipinski definition) is 1. The molecule has 4 heterocycles. The van der Waals surface area contributed by atoms with Gasteiger partial charge in [-0.3, -0.25) is 9.89 Å². The van der Waals surface area contributed by atoms with Gasteiger partial charge in [0.25, 0.3) is 5.91 Å². The molecule has 3 aromatic heterocycles. The van der Waals surface area contributed by atoms with Crippen LogP contribution in [0.4, 0.5) is 13.2 Å². The number of amides is 1. The zero-order valence-corrected chi connectivity index (χ0v) is 15.2. The fraction of sp³-hybridized carbons (Fsp3) is 0.316. The summed E-state index contributed by atoms with van der Waals surface area (Å²) in [4.78, 5) is 18.1. The third-order valence-electron chi connectivity index (χ3n) is 4.91. The third kappa shape index (κ3) is 3.06. The molecule has 0 fully saturated rings. The zero-order valence-electron chi connectivity index (χ0n) is 15.2. The van der Waals surface area contributed by atoms with Crippen molar-refractivity contribution in [1.82, 2.24) is 20.1 Å². The largest absolute Gasteiger partial charge is 0.459 e. The van der Waals surface area contributed by atoms with Crippen molar-refractivity contribution in [2.45, 2.75) is 33.0 Å². The van der Waals surface area contributed by atoms with E-state index in [0.29, 0.717) is 36.5 Å². The normalized spacial score (nSPS) is 14.2. The molecule has 0 aromatic carbocycles. The third-order valence-corrected chi connectivity index (χ3v) is 4.91. The van der Waals surface area contributed by atoms with Gasteiger partial charge in [0.1, 0.15) is 5.69 Å². The second kappa shape index (κ2) is 6.50. The Morgan fingerprint density at radius 2 is 2.04 bits per heavy atom. The molecule has 0 saturated heterocycles. The highest BCUT2D eigenvalue weighted by Gasteiger charge is 2.33. The van der Waals surface area contributed by atoms with E-state index in [1.165, 1.54) is 19.3 Å². The van der Waals surface area contributed by atoms with Crippen LogP contribution in [0.1, 0.15) is 38.8 Å². The summed E-state index contributed by atoms with van der Waals surface area (Å²) in [5.41, 5.74) is 2.73. The lowest BCUT2D eigenvalue weighted by molar-refractivity contribution is -0.141. The molecule has 146 valence electrons. The molecule has 0 radical (unpaired) electrons. The first-order valence-corrected chi connectivity index (χ1v) is 8.70. The Morgan fingerprint density at radius 3 is 2.68 bits per heavy atom. The van der Waals surface area contributed by atoms with E-state index in [1.807, 2.05) is 0 Å². The van der Waals surface area contributed by atoms with Gasteiger partial charge in [0.2, 0.25) is 0 Å². The minimum atomic E-state index is -4.50. The minimum absolute atomic E-state index is 0.220. The fourth-order valence-electron chi connectivity index (χ4n) is 3.40. The van der Waals surface area contributed by atoms with Crippen molar-refractivity contribution in [2.75, 3.05) is 6.54 Å². The number of alkyl halides is 3. The molecule has 4 rings (SSSR count). The minimum Gasteiger partial charge on any atom is -0.459 e. The molecule has 0 bridgehead atoms. The summed E-state index contributed by atoms with van der Waals surface area (Å²) in [6.07, 6.45) is -2.46. The number of hydrogen-bond acceptors (Lipinski definition) is 4. The maximum Gasteiger partial charge on any atom is 0.433 e. The quantitative estimate of drug-likeness (QED) is 0.720. The molecule has 6 nitrogen and oxygen atoms in total. The lowest BCUT2D eigenvalue weighted by Gasteiger charge is -2.26. The molecule has 3 aromatic rings. The summed E-state index contributed by atoms with van der Waals surface area (Å²) in [6, 6.07) is 4.05. The monoisotopic (exact) mass is 390 g/mol. The second-order valence-corrected chi connectivity index (χ2v) is 6.77. The lowest BCUT2D eigenvalue weighted by atomic mass is 9.99. The highest BCUT2D eigenvalue weighted by molar-refractivity contribution is 5.93. The number of halogens is 3. The van der Waals surface area contributed by atoms with E-state index in [-0.39, 0.29) is 11.6 Å². The molecule has 28 heavy (non-hydrogen) atoms. The topological polar surface area (TPSA) is 75.0 Å². The summed E-state index contributed by atoms with van der Waals surface area (Å²) in [5, 5.41) is 7.23. The number of nitrogens with one attached hydrogen (secondary N) is 1. The van der Waals surface area contributed by atoms with Crippen molar-refractivity contribution in [3.05, 3.63) is 58.4 Å². The van der Waals surface area contributed by atoms with Crippen LogP contribution in [-0.2, 0) is 19.1 Å². The molecule has 0 spiro atoms. The van der Waals surface area contributed by atoms with Crippen LogP contribution in [0.2, 0.25) is 0 Å². The maximum absolute atomic E-state index is 12.9. The second-order valence-electron chi connectivity index (χ2n) is 6.77. The Bertz CT molecular complexity index is 1050. The van der Waals surface area contributed by atoms with Gasteiger partial charge in [-0.25, -0.2) is 4.98 Å². The van der Waals surface area contributed by atoms with Gasteiger partial charge in [0.05, 0.1) is 18.5 Å². The van der Waals surface area contributed by atoms with E-state index >= 15 is 0 Å². The van der Waals surface area contributed by atoms with Crippen LogP contribution in [0, 0.1) is 13.8 Å². The van der Waals surface area contributed by atoms with Crippen molar-refractivity contribution in [1.29, 1.82) is 0 Å².